The van der Waals surface area contributed by atoms with E-state index in [1.54, 1.807) is 16.9 Å². The largest absolute Gasteiger partial charge is 0.316 e. The van der Waals surface area contributed by atoms with Crippen molar-refractivity contribution in [3.63, 3.8) is 0 Å². The van der Waals surface area contributed by atoms with Gasteiger partial charge in [-0.3, -0.25) is 0 Å². The van der Waals surface area contributed by atoms with E-state index < -0.39 is 0 Å². The van der Waals surface area contributed by atoms with Crippen LogP contribution >= 0.6 is 11.3 Å². The van der Waals surface area contributed by atoms with Crippen LogP contribution in [0.4, 0.5) is 0 Å². The Morgan fingerprint density at radius 1 is 1.36 bits per heavy atom. The van der Waals surface area contributed by atoms with Crippen LogP contribution in [-0.4, -0.2) is 13.1 Å². The maximum atomic E-state index is 3.45. The molecule has 1 aromatic heterocycles. The number of hydrogen-bond acceptors (Lipinski definition) is 2. The van der Waals surface area contributed by atoms with Crippen LogP contribution in [0.2, 0.25) is 0 Å². The highest BCUT2D eigenvalue weighted by atomic mass is 32.1. The number of allylic oxidation sites excluding steroid dienone is 1. The fourth-order valence-corrected chi connectivity index (χ4v) is 3.12. The Bertz CT molecular complexity index is 326. The Labute approximate surface area is 89.8 Å². The Morgan fingerprint density at radius 3 is 3.00 bits per heavy atom. The van der Waals surface area contributed by atoms with Crippen LogP contribution in [0, 0.1) is 11.8 Å². The first-order valence-corrected chi connectivity index (χ1v) is 5.82. The second kappa shape index (κ2) is 3.87. The van der Waals surface area contributed by atoms with Gasteiger partial charge in [-0.15, -0.1) is 0 Å². The summed E-state index contributed by atoms with van der Waals surface area (Å²) in [4.78, 5) is 0. The van der Waals surface area contributed by atoms with Gasteiger partial charge in [-0.1, -0.05) is 13.5 Å². The molecule has 2 atom stereocenters. The topological polar surface area (TPSA) is 12.0 Å². The Kier molecular flexibility index (Phi) is 2.75. The molecule has 2 heterocycles. The van der Waals surface area contributed by atoms with Crippen molar-refractivity contribution in [1.82, 2.24) is 5.32 Å². The number of rotatable bonds is 1. The molecule has 1 aromatic rings. The summed E-state index contributed by atoms with van der Waals surface area (Å²) in [6.07, 6.45) is 3.76. The highest BCUT2D eigenvalue weighted by Crippen LogP contribution is 2.38. The Morgan fingerprint density at radius 2 is 2.29 bits per heavy atom. The molecule has 2 heteroatoms. The second-order valence-corrected chi connectivity index (χ2v) is 4.77. The molecular formula is C12H17NS. The van der Waals surface area contributed by atoms with Crippen molar-refractivity contribution in [3.8, 4) is 0 Å². The zero-order valence-electron chi connectivity index (χ0n) is 7.49. The average Bonchev–Trinajstić information content (AvgIpc) is 2.78. The minimum absolute atomic E-state index is 0. The highest BCUT2D eigenvalue weighted by molar-refractivity contribution is 7.08. The maximum absolute atomic E-state index is 3.45. The van der Waals surface area contributed by atoms with Crippen LogP contribution in [0.3, 0.4) is 0 Å². The quantitative estimate of drug-likeness (QED) is 0.746. The Balaban J connectivity index is 0.000000750. The summed E-state index contributed by atoms with van der Waals surface area (Å²) in [5.41, 5.74) is 3.04. The third-order valence-electron chi connectivity index (χ3n) is 3.18. The first kappa shape index (κ1) is 9.94. The van der Waals surface area contributed by atoms with E-state index in [1.165, 1.54) is 25.1 Å². The van der Waals surface area contributed by atoms with E-state index in [0.717, 1.165) is 11.8 Å². The smallest absolute Gasteiger partial charge is 0.00178 e. The number of nitrogens with one attached hydrogen (secondary N) is 1. The van der Waals surface area contributed by atoms with E-state index in [0.29, 0.717) is 0 Å². The molecule has 0 saturated carbocycles. The predicted octanol–water partition coefficient (Wildman–Crippen LogP) is 3.01. The van der Waals surface area contributed by atoms with E-state index in [9.17, 15) is 0 Å². The summed E-state index contributed by atoms with van der Waals surface area (Å²) < 4.78 is 0. The SMILES string of the molecule is C.C1=C(c2ccsc2)CC2CNCC12. The lowest BCUT2D eigenvalue weighted by atomic mass is 9.99. The van der Waals surface area contributed by atoms with Crippen LogP contribution in [0.5, 0.6) is 0 Å². The van der Waals surface area contributed by atoms with Gasteiger partial charge in [-0.2, -0.15) is 11.3 Å². The molecule has 1 fully saturated rings. The van der Waals surface area contributed by atoms with Crippen LogP contribution in [0.1, 0.15) is 19.4 Å². The third-order valence-corrected chi connectivity index (χ3v) is 3.86. The summed E-state index contributed by atoms with van der Waals surface area (Å²) in [6, 6.07) is 2.24. The van der Waals surface area contributed by atoms with Crippen molar-refractivity contribution < 1.29 is 0 Å². The van der Waals surface area contributed by atoms with E-state index in [2.05, 4.69) is 28.2 Å². The zero-order chi connectivity index (χ0) is 8.67. The van der Waals surface area contributed by atoms with Gasteiger partial charge in [0.1, 0.15) is 0 Å². The van der Waals surface area contributed by atoms with Gasteiger partial charge >= 0.3 is 0 Å². The van der Waals surface area contributed by atoms with Gasteiger partial charge in [0.25, 0.3) is 0 Å². The van der Waals surface area contributed by atoms with Crippen LogP contribution in [0.25, 0.3) is 5.57 Å². The molecule has 1 nitrogen and oxygen atoms in total. The van der Waals surface area contributed by atoms with E-state index >= 15 is 0 Å². The first-order valence-electron chi connectivity index (χ1n) is 4.87. The summed E-state index contributed by atoms with van der Waals surface area (Å²) in [5, 5.41) is 7.88. The maximum Gasteiger partial charge on any atom is 0.00178 e. The normalized spacial score (nSPS) is 29.6. The predicted molar refractivity (Wildman–Crippen MR) is 63.5 cm³/mol. The molecule has 1 aliphatic heterocycles. The fourth-order valence-electron chi connectivity index (χ4n) is 2.44. The van der Waals surface area contributed by atoms with Gasteiger partial charge < -0.3 is 5.32 Å². The lowest BCUT2D eigenvalue weighted by Gasteiger charge is -2.04. The van der Waals surface area contributed by atoms with E-state index in [1.807, 2.05) is 0 Å². The summed E-state index contributed by atoms with van der Waals surface area (Å²) in [5.74, 6) is 1.70. The molecule has 0 radical (unpaired) electrons. The lowest BCUT2D eigenvalue weighted by molar-refractivity contribution is 0.536. The second-order valence-electron chi connectivity index (χ2n) is 3.99. The molecule has 0 amide bonds. The van der Waals surface area contributed by atoms with Gasteiger partial charge in [0, 0.05) is 6.54 Å². The first-order chi connectivity index (χ1) is 6.43. The summed E-state index contributed by atoms with van der Waals surface area (Å²) >= 11 is 1.80. The number of fused-ring (bicyclic) bond motifs is 1. The molecule has 0 spiro atoms. The fraction of sp³-hybridized carbons (Fsp3) is 0.500. The van der Waals surface area contributed by atoms with E-state index in [-0.39, 0.29) is 7.43 Å². The zero-order valence-corrected chi connectivity index (χ0v) is 8.31. The molecule has 76 valence electrons. The van der Waals surface area contributed by atoms with Gasteiger partial charge in [-0.05, 0) is 52.8 Å². The van der Waals surface area contributed by atoms with Crippen molar-refractivity contribution in [1.29, 1.82) is 0 Å². The molecule has 3 rings (SSSR count). The van der Waals surface area contributed by atoms with Crippen LogP contribution < -0.4 is 5.32 Å². The van der Waals surface area contributed by atoms with Crippen LogP contribution in [-0.2, 0) is 0 Å². The highest BCUT2D eigenvalue weighted by Gasteiger charge is 2.31. The molecule has 2 aliphatic rings. The molecule has 1 N–H and O–H groups in total. The molecule has 2 unspecified atom stereocenters. The lowest BCUT2D eigenvalue weighted by Crippen LogP contribution is -2.08. The van der Waals surface area contributed by atoms with Crippen molar-refractivity contribution in [2.45, 2.75) is 13.8 Å². The standard InChI is InChI=1S/C11H13NS.CH4/c1-2-13-7-8(1)9-3-10-5-12-6-11(10)4-9;/h1-3,7,10-12H,4-6H2;1H4. The van der Waals surface area contributed by atoms with Gasteiger partial charge in [0.2, 0.25) is 0 Å². The van der Waals surface area contributed by atoms with Gasteiger partial charge in [0.05, 0.1) is 0 Å². The third kappa shape index (κ3) is 1.53. The van der Waals surface area contributed by atoms with Crippen molar-refractivity contribution in [2.75, 3.05) is 13.1 Å². The van der Waals surface area contributed by atoms with E-state index in [4.69, 9.17) is 0 Å². The Hall–Kier alpha value is -0.600. The van der Waals surface area contributed by atoms with Gasteiger partial charge in [0.15, 0.2) is 0 Å². The monoisotopic (exact) mass is 207 g/mol. The van der Waals surface area contributed by atoms with Gasteiger partial charge in [-0.25, -0.2) is 0 Å². The van der Waals surface area contributed by atoms with Crippen molar-refractivity contribution in [2.24, 2.45) is 11.8 Å². The molecule has 0 aromatic carbocycles. The molecular weight excluding hydrogens is 190 g/mol. The minimum Gasteiger partial charge on any atom is -0.316 e. The number of thiophene rings is 1. The number of hydrogen-bond donors (Lipinski definition) is 1. The average molecular weight is 207 g/mol. The molecule has 0 bridgehead atoms. The molecule has 14 heavy (non-hydrogen) atoms. The summed E-state index contributed by atoms with van der Waals surface area (Å²) in [6.45, 7) is 2.41. The van der Waals surface area contributed by atoms with Crippen molar-refractivity contribution in [3.05, 3.63) is 28.5 Å². The van der Waals surface area contributed by atoms with Crippen LogP contribution in [0.15, 0.2) is 22.9 Å². The van der Waals surface area contributed by atoms with Crippen molar-refractivity contribution >= 4 is 16.9 Å². The molecule has 1 aliphatic carbocycles. The minimum atomic E-state index is 0. The molecule has 1 saturated heterocycles. The summed E-state index contributed by atoms with van der Waals surface area (Å²) in [7, 11) is 0.